The lowest BCUT2D eigenvalue weighted by Crippen LogP contribution is -2.59. The molecule has 0 amide bonds. The molecule has 1 rings (SSSR count). The quantitative estimate of drug-likeness (QED) is 0.169. The van der Waals surface area contributed by atoms with E-state index in [4.69, 9.17) is 0 Å². The van der Waals surface area contributed by atoms with Crippen LogP contribution >= 0.6 is 0 Å². The number of hydrogen-bond acceptors (Lipinski definition) is 0. The third kappa shape index (κ3) is 9.69. The van der Waals surface area contributed by atoms with Crippen LogP contribution in [-0.4, -0.2) is 18.6 Å². The summed E-state index contributed by atoms with van der Waals surface area (Å²) in [7, 11) is 0. The Bertz CT molecular complexity index is 468. The van der Waals surface area contributed by atoms with Gasteiger partial charge in [0, 0.05) is 0 Å². The first-order valence-corrected chi connectivity index (χ1v) is 13.0. The molecule has 168 valence electrons. The van der Waals surface area contributed by atoms with Gasteiger partial charge in [-0.3, -0.25) is 4.48 Å². The molecule has 0 saturated heterocycles. The third-order valence-electron chi connectivity index (χ3n) is 6.96. The molecule has 0 aliphatic carbocycles. The van der Waals surface area contributed by atoms with Crippen molar-refractivity contribution in [1.29, 1.82) is 0 Å². The molecule has 1 aromatic carbocycles. The van der Waals surface area contributed by atoms with Gasteiger partial charge >= 0.3 is 0 Å². The Morgan fingerprint density at radius 2 is 0.931 bits per heavy atom. The molecular formula is C28H52N+. The number of quaternary nitrogens is 1. The molecule has 0 aromatic heterocycles. The van der Waals surface area contributed by atoms with Gasteiger partial charge in [-0.25, -0.2) is 0 Å². The summed E-state index contributed by atoms with van der Waals surface area (Å²) in [6.07, 6.45) is 20.1. The molecule has 1 aromatic rings. The van der Waals surface area contributed by atoms with Crippen molar-refractivity contribution < 1.29 is 0 Å². The van der Waals surface area contributed by atoms with Crippen molar-refractivity contribution in [1.82, 2.24) is 4.48 Å². The van der Waals surface area contributed by atoms with Crippen LogP contribution in [0.5, 0.6) is 0 Å². The molecule has 0 radical (unpaired) electrons. The molecule has 0 unspecified atom stereocenters. The number of hydrogen-bond donors (Lipinski definition) is 0. The summed E-state index contributed by atoms with van der Waals surface area (Å²) < 4.78 is 1.12. The van der Waals surface area contributed by atoms with Crippen LogP contribution in [0.25, 0.3) is 0 Å². The highest BCUT2D eigenvalue weighted by molar-refractivity contribution is 5.44. The zero-order valence-electron chi connectivity index (χ0n) is 20.6. The van der Waals surface area contributed by atoms with Crippen LogP contribution in [0.2, 0.25) is 0 Å². The van der Waals surface area contributed by atoms with Gasteiger partial charge in [0.05, 0.1) is 18.6 Å². The SMILES string of the molecule is CCCCCCCCCCCCCCCC[N+](c1ccccc1)(C(C)C)C(C)C. The molecule has 0 fully saturated rings. The Labute approximate surface area is 183 Å². The zero-order valence-corrected chi connectivity index (χ0v) is 20.6. The van der Waals surface area contributed by atoms with Crippen molar-refractivity contribution in [3.8, 4) is 0 Å². The van der Waals surface area contributed by atoms with Crippen LogP contribution in [-0.2, 0) is 0 Å². The van der Waals surface area contributed by atoms with Crippen LogP contribution in [0.3, 0.4) is 0 Å². The fourth-order valence-electron chi connectivity index (χ4n) is 5.11. The molecule has 0 atom stereocenters. The van der Waals surface area contributed by atoms with Crippen molar-refractivity contribution in [2.75, 3.05) is 6.54 Å². The van der Waals surface area contributed by atoms with Gasteiger partial charge in [-0.15, -0.1) is 0 Å². The molecule has 1 heteroatoms. The van der Waals surface area contributed by atoms with Gasteiger partial charge < -0.3 is 0 Å². The summed E-state index contributed by atoms with van der Waals surface area (Å²) in [6.45, 7) is 13.2. The predicted molar refractivity (Wildman–Crippen MR) is 134 cm³/mol. The lowest BCUT2D eigenvalue weighted by Gasteiger charge is -2.45. The number of unbranched alkanes of at least 4 members (excludes halogenated alkanes) is 13. The maximum Gasteiger partial charge on any atom is 0.133 e. The van der Waals surface area contributed by atoms with Gasteiger partial charge in [-0.05, 0) is 52.7 Å². The summed E-state index contributed by atoms with van der Waals surface area (Å²) in [5, 5.41) is 0. The van der Waals surface area contributed by atoms with Crippen molar-refractivity contribution in [3.05, 3.63) is 30.3 Å². The molecule has 29 heavy (non-hydrogen) atoms. The van der Waals surface area contributed by atoms with Crippen LogP contribution in [0.1, 0.15) is 125 Å². The Hall–Kier alpha value is -0.820. The van der Waals surface area contributed by atoms with Crippen LogP contribution in [0, 0.1) is 0 Å². The first kappa shape index (κ1) is 26.2. The first-order chi connectivity index (χ1) is 14.1. The summed E-state index contributed by atoms with van der Waals surface area (Å²) in [5.41, 5.74) is 1.49. The Kier molecular flexibility index (Phi) is 14.4. The summed E-state index contributed by atoms with van der Waals surface area (Å²) in [4.78, 5) is 0. The molecular weight excluding hydrogens is 350 g/mol. The van der Waals surface area contributed by atoms with E-state index in [1.807, 2.05) is 0 Å². The minimum absolute atomic E-state index is 0.624. The van der Waals surface area contributed by atoms with Crippen molar-refractivity contribution in [2.24, 2.45) is 0 Å². The monoisotopic (exact) mass is 402 g/mol. The van der Waals surface area contributed by atoms with Crippen molar-refractivity contribution >= 4 is 5.69 Å². The first-order valence-electron chi connectivity index (χ1n) is 13.0. The van der Waals surface area contributed by atoms with E-state index in [9.17, 15) is 0 Å². The average Bonchev–Trinajstić information content (AvgIpc) is 2.71. The van der Waals surface area contributed by atoms with Gasteiger partial charge in [0.1, 0.15) is 5.69 Å². The minimum Gasteiger partial charge on any atom is -0.287 e. The Morgan fingerprint density at radius 3 is 1.31 bits per heavy atom. The van der Waals surface area contributed by atoms with E-state index < -0.39 is 0 Å². The highest BCUT2D eigenvalue weighted by Gasteiger charge is 2.36. The molecule has 0 N–H and O–H groups in total. The second-order valence-electron chi connectivity index (χ2n) is 9.77. The van der Waals surface area contributed by atoms with Crippen LogP contribution in [0.4, 0.5) is 5.69 Å². The van der Waals surface area contributed by atoms with E-state index in [0.29, 0.717) is 12.1 Å². The van der Waals surface area contributed by atoms with E-state index in [1.165, 1.54) is 102 Å². The van der Waals surface area contributed by atoms with E-state index in [1.54, 1.807) is 0 Å². The number of rotatable bonds is 18. The second-order valence-corrected chi connectivity index (χ2v) is 9.77. The number of para-hydroxylation sites is 1. The molecule has 0 spiro atoms. The lowest BCUT2D eigenvalue weighted by molar-refractivity contribution is 0.173. The molecule has 0 aliphatic heterocycles. The van der Waals surface area contributed by atoms with E-state index in [0.717, 1.165) is 4.48 Å². The maximum atomic E-state index is 2.40. The zero-order chi connectivity index (χ0) is 21.4. The maximum absolute atomic E-state index is 2.40. The molecule has 1 nitrogen and oxygen atoms in total. The molecule has 0 aliphatic rings. The largest absolute Gasteiger partial charge is 0.287 e. The van der Waals surface area contributed by atoms with Gasteiger partial charge in [-0.2, -0.15) is 0 Å². The predicted octanol–water partition coefficient (Wildman–Crippen LogP) is 9.29. The average molecular weight is 403 g/mol. The summed E-state index contributed by atoms with van der Waals surface area (Å²) >= 11 is 0. The number of nitrogens with zero attached hydrogens (tertiary/aromatic N) is 1. The fraction of sp³-hybridized carbons (Fsp3) is 0.786. The lowest BCUT2D eigenvalue weighted by atomic mass is 10.0. The molecule has 0 bridgehead atoms. The highest BCUT2D eigenvalue weighted by atomic mass is 15.4. The van der Waals surface area contributed by atoms with Crippen LogP contribution in [0.15, 0.2) is 30.3 Å². The standard InChI is InChI=1S/C28H52N/c1-6-7-8-9-10-11-12-13-14-15-16-17-18-22-25-29(26(2)3,27(4)5)28-23-20-19-21-24-28/h19-21,23-24,26-27H,6-18,22,25H2,1-5H3/q+1. The van der Waals surface area contributed by atoms with E-state index >= 15 is 0 Å². The van der Waals surface area contributed by atoms with Gasteiger partial charge in [-0.1, -0.05) is 102 Å². The Morgan fingerprint density at radius 1 is 0.552 bits per heavy atom. The fourth-order valence-corrected chi connectivity index (χ4v) is 5.11. The van der Waals surface area contributed by atoms with Gasteiger partial charge in [0.2, 0.25) is 0 Å². The van der Waals surface area contributed by atoms with E-state index in [2.05, 4.69) is 65.0 Å². The second kappa shape index (κ2) is 15.9. The smallest absolute Gasteiger partial charge is 0.133 e. The summed E-state index contributed by atoms with van der Waals surface area (Å²) in [6, 6.07) is 12.5. The Balaban J connectivity index is 2.17. The normalized spacial score (nSPS) is 12.2. The van der Waals surface area contributed by atoms with Crippen molar-refractivity contribution in [3.63, 3.8) is 0 Å². The topological polar surface area (TPSA) is 0 Å². The van der Waals surface area contributed by atoms with Gasteiger partial charge in [0.15, 0.2) is 0 Å². The van der Waals surface area contributed by atoms with Crippen LogP contribution < -0.4 is 4.48 Å². The van der Waals surface area contributed by atoms with Gasteiger partial charge in [0.25, 0.3) is 0 Å². The molecule has 0 heterocycles. The van der Waals surface area contributed by atoms with Crippen molar-refractivity contribution in [2.45, 2.75) is 137 Å². The molecule has 0 saturated carbocycles. The van der Waals surface area contributed by atoms with E-state index in [-0.39, 0.29) is 0 Å². The highest BCUT2D eigenvalue weighted by Crippen LogP contribution is 2.31. The summed E-state index contributed by atoms with van der Waals surface area (Å²) in [5.74, 6) is 0. The number of benzene rings is 1. The minimum atomic E-state index is 0.624. The third-order valence-corrected chi connectivity index (χ3v) is 6.96.